The van der Waals surface area contributed by atoms with E-state index in [4.69, 9.17) is 5.10 Å². The van der Waals surface area contributed by atoms with Crippen molar-refractivity contribution >= 4 is 44.8 Å². The predicted octanol–water partition coefficient (Wildman–Crippen LogP) is 4.85. The summed E-state index contributed by atoms with van der Waals surface area (Å²) in [7, 11) is 0. The Balaban J connectivity index is 1.62. The molecule has 3 atom stereocenters. The van der Waals surface area contributed by atoms with Crippen molar-refractivity contribution in [2.75, 3.05) is 10.3 Å². The normalized spacial score (nSPS) is 28.1. The number of anilines is 2. The summed E-state index contributed by atoms with van der Waals surface area (Å²) in [6.45, 7) is 1.87. The van der Waals surface area contributed by atoms with Crippen molar-refractivity contribution < 1.29 is 9.59 Å². The van der Waals surface area contributed by atoms with Crippen LogP contribution < -0.4 is 10.3 Å². The van der Waals surface area contributed by atoms with Crippen LogP contribution in [-0.2, 0) is 15.0 Å². The van der Waals surface area contributed by atoms with E-state index in [9.17, 15) is 9.59 Å². The molecule has 3 aromatic rings. The van der Waals surface area contributed by atoms with Crippen LogP contribution >= 0.6 is 15.9 Å². The lowest BCUT2D eigenvalue weighted by Crippen LogP contribution is -2.38. The fourth-order valence-corrected chi connectivity index (χ4v) is 6.44. The van der Waals surface area contributed by atoms with Crippen LogP contribution in [0, 0.1) is 5.41 Å². The first-order valence-corrected chi connectivity index (χ1v) is 10.9. The lowest BCUT2D eigenvalue weighted by atomic mass is 9.84. The fourth-order valence-electron chi connectivity index (χ4n) is 5.76. The van der Waals surface area contributed by atoms with Crippen molar-refractivity contribution in [1.29, 1.82) is 0 Å². The van der Waals surface area contributed by atoms with Gasteiger partial charge in [0.1, 0.15) is 10.8 Å². The molecule has 6 heteroatoms. The van der Waals surface area contributed by atoms with Crippen LogP contribution in [0.25, 0.3) is 0 Å². The van der Waals surface area contributed by atoms with E-state index in [1.165, 1.54) is 5.01 Å². The summed E-state index contributed by atoms with van der Waals surface area (Å²) in [6.07, 6.45) is 0. The Morgan fingerprint density at radius 3 is 2.29 bits per heavy atom. The number of hydrogen-bond acceptors (Lipinski definition) is 3. The summed E-state index contributed by atoms with van der Waals surface area (Å²) in [5.74, 6) is -0.656. The third-order valence-corrected chi connectivity index (χ3v) is 7.56. The van der Waals surface area contributed by atoms with Crippen molar-refractivity contribution in [1.82, 2.24) is 0 Å². The summed E-state index contributed by atoms with van der Waals surface area (Å²) in [5.41, 5.74) is 1.79. The van der Waals surface area contributed by atoms with Crippen molar-refractivity contribution in [2.45, 2.75) is 18.3 Å². The molecule has 2 heterocycles. The highest BCUT2D eigenvalue weighted by atomic mass is 79.9. The predicted molar refractivity (Wildman–Crippen MR) is 123 cm³/mol. The van der Waals surface area contributed by atoms with E-state index in [1.54, 1.807) is 0 Å². The maximum atomic E-state index is 14.1. The SMILES string of the molecule is CC1=NN(c2ccccc2)C(=O)[C@@]12C(c1ccccc1)[C@]21C(=O)Nc2cccc(Br)c21. The van der Waals surface area contributed by atoms with Gasteiger partial charge in [0.05, 0.1) is 11.4 Å². The average Bonchev–Trinajstić information content (AvgIpc) is 3.21. The van der Waals surface area contributed by atoms with Gasteiger partial charge >= 0.3 is 0 Å². The second-order valence-electron chi connectivity index (χ2n) is 8.21. The number of para-hydroxylation sites is 1. The molecule has 1 unspecified atom stereocenters. The number of hydrazone groups is 1. The van der Waals surface area contributed by atoms with Gasteiger partial charge in [0.25, 0.3) is 5.91 Å². The van der Waals surface area contributed by atoms with Crippen LogP contribution in [0.3, 0.4) is 0 Å². The quantitative estimate of drug-likeness (QED) is 0.580. The highest BCUT2D eigenvalue weighted by Crippen LogP contribution is 2.80. The largest absolute Gasteiger partial charge is 0.325 e. The van der Waals surface area contributed by atoms with Gasteiger partial charge in [-0.15, -0.1) is 0 Å². The third kappa shape index (κ3) is 2.03. The minimum absolute atomic E-state index is 0.152. The number of carbonyl (C=O) groups is 2. The zero-order valence-corrected chi connectivity index (χ0v) is 18.3. The summed E-state index contributed by atoms with van der Waals surface area (Å²) < 4.78 is 0.819. The van der Waals surface area contributed by atoms with Crippen molar-refractivity contribution in [3.05, 3.63) is 94.5 Å². The molecule has 3 aliphatic rings. The molecule has 1 N–H and O–H groups in total. The number of nitrogens with one attached hydrogen (secondary N) is 1. The topological polar surface area (TPSA) is 61.8 Å². The van der Waals surface area contributed by atoms with Gasteiger partial charge in [0.2, 0.25) is 5.91 Å². The minimum atomic E-state index is -1.07. The zero-order chi connectivity index (χ0) is 21.4. The Labute approximate surface area is 187 Å². The number of benzene rings is 3. The number of rotatable bonds is 2. The lowest BCUT2D eigenvalue weighted by molar-refractivity contribution is -0.125. The summed E-state index contributed by atoms with van der Waals surface area (Å²) in [6, 6.07) is 24.9. The van der Waals surface area contributed by atoms with E-state index < -0.39 is 10.8 Å². The molecule has 1 aliphatic carbocycles. The monoisotopic (exact) mass is 471 g/mol. The standard InChI is InChI=1S/C25H18BrN3O2/c1-15-24(23(31)29(28-15)17-11-6-3-7-12-17)21(16-9-4-2-5-10-16)25(24)20-18(26)13-8-14-19(20)27-22(25)30/h2-14,21H,1H3,(H,27,30)/t21?,24-,25+/m0/s1. The fraction of sp³-hybridized carbons (Fsp3) is 0.160. The number of halogens is 1. The molecule has 1 saturated carbocycles. The maximum Gasteiger partial charge on any atom is 0.261 e. The Morgan fingerprint density at radius 1 is 0.903 bits per heavy atom. The van der Waals surface area contributed by atoms with E-state index in [1.807, 2.05) is 85.8 Å². The molecular weight excluding hydrogens is 454 g/mol. The van der Waals surface area contributed by atoms with Gasteiger partial charge in [-0.2, -0.15) is 10.1 Å². The van der Waals surface area contributed by atoms with Gasteiger partial charge in [0, 0.05) is 21.6 Å². The number of fused-ring (bicyclic) bond motifs is 3. The van der Waals surface area contributed by atoms with E-state index in [-0.39, 0.29) is 17.7 Å². The summed E-state index contributed by atoms with van der Waals surface area (Å²) >= 11 is 3.66. The molecule has 0 bridgehead atoms. The van der Waals surface area contributed by atoms with Gasteiger partial charge in [-0.1, -0.05) is 70.5 Å². The second-order valence-corrected chi connectivity index (χ2v) is 9.07. The number of amides is 2. The Morgan fingerprint density at radius 2 is 1.58 bits per heavy atom. The molecule has 3 aromatic carbocycles. The molecule has 2 spiro atoms. The summed E-state index contributed by atoms with van der Waals surface area (Å²) in [5, 5.41) is 9.20. The van der Waals surface area contributed by atoms with E-state index >= 15 is 0 Å². The molecule has 0 radical (unpaired) electrons. The van der Waals surface area contributed by atoms with Gasteiger partial charge in [0.15, 0.2) is 0 Å². The van der Waals surface area contributed by atoms with Crippen molar-refractivity contribution in [2.24, 2.45) is 10.5 Å². The van der Waals surface area contributed by atoms with Gasteiger partial charge < -0.3 is 5.32 Å². The molecule has 2 amide bonds. The van der Waals surface area contributed by atoms with Crippen molar-refractivity contribution in [3.63, 3.8) is 0 Å². The average molecular weight is 472 g/mol. The molecule has 0 aromatic heterocycles. The molecule has 31 heavy (non-hydrogen) atoms. The minimum Gasteiger partial charge on any atom is -0.325 e. The van der Waals surface area contributed by atoms with E-state index in [0.29, 0.717) is 11.4 Å². The van der Waals surface area contributed by atoms with Crippen LogP contribution in [0.15, 0.2) is 88.4 Å². The van der Waals surface area contributed by atoms with Crippen molar-refractivity contribution in [3.8, 4) is 0 Å². The maximum absolute atomic E-state index is 14.1. The Bertz CT molecular complexity index is 1290. The Kier molecular flexibility index (Phi) is 3.67. The van der Waals surface area contributed by atoms with Gasteiger partial charge in [-0.25, -0.2) is 0 Å². The molecular formula is C25H18BrN3O2. The highest BCUT2D eigenvalue weighted by Gasteiger charge is 2.90. The van der Waals surface area contributed by atoms with Gasteiger partial charge in [-0.05, 0) is 36.8 Å². The van der Waals surface area contributed by atoms with Crippen LogP contribution in [0.5, 0.6) is 0 Å². The summed E-state index contributed by atoms with van der Waals surface area (Å²) in [4.78, 5) is 27.8. The molecule has 2 aliphatic heterocycles. The van der Waals surface area contributed by atoms with Crippen LogP contribution in [0.1, 0.15) is 24.0 Å². The van der Waals surface area contributed by atoms with Crippen LogP contribution in [-0.4, -0.2) is 17.5 Å². The van der Waals surface area contributed by atoms with E-state index in [0.717, 1.165) is 21.3 Å². The highest BCUT2D eigenvalue weighted by molar-refractivity contribution is 9.10. The number of nitrogens with zero attached hydrogens (tertiary/aromatic N) is 2. The molecule has 0 saturated heterocycles. The zero-order valence-electron chi connectivity index (χ0n) is 16.7. The van der Waals surface area contributed by atoms with Crippen LogP contribution in [0.4, 0.5) is 11.4 Å². The lowest BCUT2D eigenvalue weighted by Gasteiger charge is -2.18. The van der Waals surface area contributed by atoms with Gasteiger partial charge in [-0.3, -0.25) is 9.59 Å². The molecule has 6 rings (SSSR count). The number of hydrogen-bond donors (Lipinski definition) is 1. The first kappa shape index (κ1) is 18.5. The molecule has 5 nitrogen and oxygen atoms in total. The molecule has 1 fully saturated rings. The molecule has 152 valence electrons. The van der Waals surface area contributed by atoms with E-state index in [2.05, 4.69) is 21.2 Å². The Hall–Kier alpha value is -3.25. The van der Waals surface area contributed by atoms with Crippen LogP contribution in [0.2, 0.25) is 0 Å². The third-order valence-electron chi connectivity index (χ3n) is 6.90. The number of carbonyl (C=O) groups excluding carboxylic acids is 2. The second kappa shape index (κ2) is 6.14. The first-order chi connectivity index (χ1) is 15.0. The smallest absolute Gasteiger partial charge is 0.261 e. The first-order valence-electron chi connectivity index (χ1n) is 10.1.